The van der Waals surface area contributed by atoms with Gasteiger partial charge in [0.15, 0.2) is 0 Å². The van der Waals surface area contributed by atoms with Crippen LogP contribution in [0.3, 0.4) is 0 Å². The van der Waals surface area contributed by atoms with Crippen molar-refractivity contribution in [3.8, 4) is 0 Å². The molecule has 0 aromatic heterocycles. The number of benzene rings is 1. The van der Waals surface area contributed by atoms with Crippen LogP contribution in [0.5, 0.6) is 0 Å². The van der Waals surface area contributed by atoms with Gasteiger partial charge in [-0.2, -0.15) is 0 Å². The Kier molecular flexibility index (Phi) is 5.46. The van der Waals surface area contributed by atoms with E-state index in [1.165, 1.54) is 37.8 Å². The second kappa shape index (κ2) is 7.99. The Morgan fingerprint density at radius 3 is 2.26 bits per heavy atom. The lowest BCUT2D eigenvalue weighted by molar-refractivity contribution is -0.140. The molecule has 1 saturated heterocycles. The van der Waals surface area contributed by atoms with E-state index in [0.717, 1.165) is 24.3 Å². The van der Waals surface area contributed by atoms with Crippen molar-refractivity contribution in [2.75, 3.05) is 26.2 Å². The van der Waals surface area contributed by atoms with Gasteiger partial charge in [-0.25, -0.2) is 4.39 Å². The topological polar surface area (TPSA) is 40.6 Å². The number of carbonyl (C=O) groups excluding carboxylic acids is 2. The normalized spacial score (nSPS) is 25.7. The van der Waals surface area contributed by atoms with Crippen molar-refractivity contribution in [3.05, 3.63) is 35.6 Å². The number of nitrogens with zero attached hydrogens (tertiary/aromatic N) is 2. The first kappa shape index (κ1) is 18.5. The SMILES string of the molecule is O=C(CCC1CCCC1)N1CCN(C(=O)C2CC2c2ccc(F)cc2)CC1. The number of rotatable bonds is 5. The minimum Gasteiger partial charge on any atom is -0.339 e. The summed E-state index contributed by atoms with van der Waals surface area (Å²) in [5.74, 6) is 1.21. The maximum Gasteiger partial charge on any atom is 0.226 e. The molecule has 146 valence electrons. The maximum atomic E-state index is 13.1. The Bertz CT molecular complexity index is 676. The van der Waals surface area contributed by atoms with Crippen LogP contribution in [0.2, 0.25) is 0 Å². The molecule has 1 aromatic rings. The molecule has 4 rings (SSSR count). The lowest BCUT2D eigenvalue weighted by Crippen LogP contribution is -2.51. The Morgan fingerprint density at radius 1 is 0.963 bits per heavy atom. The lowest BCUT2D eigenvalue weighted by Gasteiger charge is -2.35. The zero-order chi connectivity index (χ0) is 18.8. The maximum absolute atomic E-state index is 13.1. The standard InChI is InChI=1S/C22H29FN2O2/c23-18-8-6-17(7-9-18)19-15-20(19)22(27)25-13-11-24(12-14-25)21(26)10-5-16-3-1-2-4-16/h6-9,16,19-20H,1-5,10-15H2. The van der Waals surface area contributed by atoms with Gasteiger partial charge in [0.2, 0.25) is 11.8 Å². The molecule has 0 N–H and O–H groups in total. The van der Waals surface area contributed by atoms with Crippen molar-refractivity contribution in [1.82, 2.24) is 9.80 Å². The predicted molar refractivity (Wildman–Crippen MR) is 102 cm³/mol. The summed E-state index contributed by atoms with van der Waals surface area (Å²) in [5, 5.41) is 0. The molecule has 2 aliphatic carbocycles. The van der Waals surface area contributed by atoms with E-state index in [1.807, 2.05) is 9.80 Å². The monoisotopic (exact) mass is 372 g/mol. The van der Waals surface area contributed by atoms with Gasteiger partial charge < -0.3 is 9.80 Å². The van der Waals surface area contributed by atoms with Crippen molar-refractivity contribution < 1.29 is 14.0 Å². The van der Waals surface area contributed by atoms with E-state index in [4.69, 9.17) is 0 Å². The summed E-state index contributed by atoms with van der Waals surface area (Å²) in [7, 11) is 0. The van der Waals surface area contributed by atoms with Gasteiger partial charge in [0.05, 0.1) is 0 Å². The van der Waals surface area contributed by atoms with Gasteiger partial charge in [-0.15, -0.1) is 0 Å². The van der Waals surface area contributed by atoms with Gasteiger partial charge >= 0.3 is 0 Å². The molecule has 2 atom stereocenters. The summed E-state index contributed by atoms with van der Waals surface area (Å²) < 4.78 is 13.1. The quantitative estimate of drug-likeness (QED) is 0.793. The highest BCUT2D eigenvalue weighted by molar-refractivity contribution is 5.83. The zero-order valence-corrected chi connectivity index (χ0v) is 15.9. The summed E-state index contributed by atoms with van der Waals surface area (Å²) in [6, 6.07) is 6.50. The van der Waals surface area contributed by atoms with Crippen LogP contribution in [0.4, 0.5) is 4.39 Å². The van der Waals surface area contributed by atoms with E-state index >= 15 is 0 Å². The lowest BCUT2D eigenvalue weighted by atomic mass is 10.0. The number of carbonyl (C=O) groups is 2. The summed E-state index contributed by atoms with van der Waals surface area (Å²) in [4.78, 5) is 29.0. The Morgan fingerprint density at radius 2 is 1.59 bits per heavy atom. The molecule has 3 aliphatic rings. The largest absolute Gasteiger partial charge is 0.339 e. The number of hydrogen-bond donors (Lipinski definition) is 0. The smallest absolute Gasteiger partial charge is 0.226 e. The van der Waals surface area contributed by atoms with Crippen LogP contribution in [0.15, 0.2) is 24.3 Å². The van der Waals surface area contributed by atoms with E-state index in [1.54, 1.807) is 12.1 Å². The van der Waals surface area contributed by atoms with E-state index in [-0.39, 0.29) is 29.5 Å². The molecule has 4 nitrogen and oxygen atoms in total. The first-order valence-electron chi connectivity index (χ1n) is 10.4. The summed E-state index contributed by atoms with van der Waals surface area (Å²) in [5.41, 5.74) is 1.05. The Labute approximate surface area is 160 Å². The fourth-order valence-corrected chi connectivity index (χ4v) is 4.74. The molecule has 2 saturated carbocycles. The van der Waals surface area contributed by atoms with Crippen LogP contribution in [-0.2, 0) is 9.59 Å². The minimum absolute atomic E-state index is 0.0279. The fraction of sp³-hybridized carbons (Fsp3) is 0.636. The fourth-order valence-electron chi connectivity index (χ4n) is 4.74. The third-order valence-electron chi connectivity index (χ3n) is 6.59. The number of hydrogen-bond acceptors (Lipinski definition) is 2. The van der Waals surface area contributed by atoms with E-state index in [2.05, 4.69) is 0 Å². The Hall–Kier alpha value is -1.91. The van der Waals surface area contributed by atoms with Crippen LogP contribution in [-0.4, -0.2) is 47.8 Å². The molecule has 2 unspecified atom stereocenters. The molecule has 2 amide bonds. The molecule has 1 aliphatic heterocycles. The molecule has 1 aromatic carbocycles. The van der Waals surface area contributed by atoms with Crippen LogP contribution in [0, 0.1) is 17.7 Å². The van der Waals surface area contributed by atoms with E-state index in [0.29, 0.717) is 32.6 Å². The third kappa shape index (κ3) is 4.33. The van der Waals surface area contributed by atoms with Gasteiger partial charge in [0.25, 0.3) is 0 Å². The number of piperazine rings is 1. The van der Waals surface area contributed by atoms with Crippen molar-refractivity contribution in [3.63, 3.8) is 0 Å². The van der Waals surface area contributed by atoms with Gasteiger partial charge in [-0.1, -0.05) is 37.8 Å². The molecule has 27 heavy (non-hydrogen) atoms. The average Bonchev–Trinajstić information content (AvgIpc) is 3.32. The average molecular weight is 372 g/mol. The third-order valence-corrected chi connectivity index (χ3v) is 6.59. The van der Waals surface area contributed by atoms with Crippen LogP contribution in [0.1, 0.15) is 56.4 Å². The molecule has 3 fully saturated rings. The highest BCUT2D eigenvalue weighted by atomic mass is 19.1. The summed E-state index contributed by atoms with van der Waals surface area (Å²) in [6.07, 6.45) is 7.75. The minimum atomic E-state index is -0.240. The molecular formula is C22H29FN2O2. The molecule has 0 radical (unpaired) electrons. The molecule has 1 heterocycles. The Balaban J connectivity index is 1.21. The molecule has 0 spiro atoms. The summed E-state index contributed by atoms with van der Waals surface area (Å²) >= 11 is 0. The van der Waals surface area contributed by atoms with Crippen molar-refractivity contribution in [2.24, 2.45) is 11.8 Å². The second-order valence-corrected chi connectivity index (χ2v) is 8.40. The van der Waals surface area contributed by atoms with E-state index in [9.17, 15) is 14.0 Å². The van der Waals surface area contributed by atoms with Crippen LogP contribution in [0.25, 0.3) is 0 Å². The summed E-state index contributed by atoms with van der Waals surface area (Å²) in [6.45, 7) is 2.59. The van der Waals surface area contributed by atoms with Crippen LogP contribution < -0.4 is 0 Å². The first-order chi connectivity index (χ1) is 13.1. The van der Waals surface area contributed by atoms with Gasteiger partial charge in [0, 0.05) is 38.5 Å². The van der Waals surface area contributed by atoms with Crippen molar-refractivity contribution >= 4 is 11.8 Å². The second-order valence-electron chi connectivity index (χ2n) is 8.40. The molecule has 5 heteroatoms. The van der Waals surface area contributed by atoms with Crippen LogP contribution >= 0.6 is 0 Å². The molecule has 0 bridgehead atoms. The van der Waals surface area contributed by atoms with E-state index < -0.39 is 0 Å². The van der Waals surface area contributed by atoms with Crippen molar-refractivity contribution in [1.29, 1.82) is 0 Å². The van der Waals surface area contributed by atoms with Crippen molar-refractivity contribution in [2.45, 2.75) is 50.9 Å². The molecular weight excluding hydrogens is 343 g/mol. The number of amides is 2. The van der Waals surface area contributed by atoms with Gasteiger partial charge in [-0.05, 0) is 42.4 Å². The predicted octanol–water partition coefficient (Wildman–Crippen LogP) is 3.57. The van der Waals surface area contributed by atoms with Gasteiger partial charge in [0.1, 0.15) is 5.82 Å². The van der Waals surface area contributed by atoms with Gasteiger partial charge in [-0.3, -0.25) is 9.59 Å². The zero-order valence-electron chi connectivity index (χ0n) is 15.9. The first-order valence-corrected chi connectivity index (χ1v) is 10.4. The number of halogens is 1. The highest BCUT2D eigenvalue weighted by Gasteiger charge is 2.46. The highest BCUT2D eigenvalue weighted by Crippen LogP contribution is 2.48.